The first kappa shape index (κ1) is 22.9. The normalized spacial score (nSPS) is 20.2. The Hall–Kier alpha value is -2.52. The van der Waals surface area contributed by atoms with Crippen molar-refractivity contribution in [2.45, 2.75) is 30.3 Å². The predicted molar refractivity (Wildman–Crippen MR) is 144 cm³/mol. The summed E-state index contributed by atoms with van der Waals surface area (Å²) in [4.78, 5) is 9.30. The zero-order chi connectivity index (χ0) is 23.8. The topological polar surface area (TPSA) is 56.8 Å². The van der Waals surface area contributed by atoms with Crippen molar-refractivity contribution in [1.82, 2.24) is 14.2 Å². The minimum absolute atomic E-state index is 0.0483. The van der Waals surface area contributed by atoms with Crippen LogP contribution in [0.4, 0.5) is 5.69 Å². The smallest absolute Gasteiger partial charge is 0.260 e. The second-order valence-corrected chi connectivity index (χ2v) is 12.3. The Morgan fingerprint density at radius 1 is 0.943 bits per heavy atom. The molecule has 1 atom stereocenters. The Balaban J connectivity index is 1.09. The molecule has 2 aromatic heterocycles. The van der Waals surface area contributed by atoms with Crippen LogP contribution >= 0.6 is 11.3 Å². The molecule has 0 spiro atoms. The molecular formula is C27H30N4O2S2. The van der Waals surface area contributed by atoms with E-state index in [2.05, 4.69) is 44.4 Å². The zero-order valence-corrected chi connectivity index (χ0v) is 21.3. The van der Waals surface area contributed by atoms with Crippen LogP contribution in [0.15, 0.2) is 71.2 Å². The number of rotatable bonds is 6. The van der Waals surface area contributed by atoms with E-state index in [1.54, 1.807) is 16.6 Å². The van der Waals surface area contributed by atoms with Crippen LogP contribution in [0.25, 0.3) is 20.9 Å². The average Bonchev–Trinajstić information content (AvgIpc) is 3.55. The third kappa shape index (κ3) is 4.44. The highest BCUT2D eigenvalue weighted by Crippen LogP contribution is 2.33. The van der Waals surface area contributed by atoms with Crippen molar-refractivity contribution >= 4 is 47.9 Å². The molecule has 0 radical (unpaired) electrons. The van der Waals surface area contributed by atoms with Crippen LogP contribution < -0.4 is 4.90 Å². The lowest BCUT2D eigenvalue weighted by atomic mass is 10.1. The van der Waals surface area contributed by atoms with Gasteiger partial charge in [0.1, 0.15) is 0 Å². The van der Waals surface area contributed by atoms with Crippen molar-refractivity contribution in [1.29, 1.82) is 0 Å². The summed E-state index contributed by atoms with van der Waals surface area (Å²) < 4.78 is 30.0. The standard InChI is InChI=1S/C27H30N4O2S2/c32-35(33,27-18-21-6-1-2-7-22(21)19-28-27)31-12-5-8-23(31)11-13-29-14-16-30(17-15-29)25-20-34-26-10-4-3-9-24(25)26/h1-4,6-7,9-10,18-20,23H,5,8,11-17H2/t23-/m1/s1. The fraction of sp³-hybridized carbons (Fsp3) is 0.370. The maximum Gasteiger partial charge on any atom is 0.260 e. The minimum atomic E-state index is -3.59. The van der Waals surface area contributed by atoms with E-state index >= 15 is 0 Å². The van der Waals surface area contributed by atoms with Gasteiger partial charge in [-0.1, -0.05) is 42.5 Å². The molecule has 2 saturated heterocycles. The Labute approximate surface area is 210 Å². The van der Waals surface area contributed by atoms with Crippen molar-refractivity contribution in [3.8, 4) is 0 Å². The molecule has 2 aliphatic rings. The van der Waals surface area contributed by atoms with Gasteiger partial charge in [-0.2, -0.15) is 4.31 Å². The van der Waals surface area contributed by atoms with Crippen molar-refractivity contribution in [3.63, 3.8) is 0 Å². The third-order valence-electron chi connectivity index (χ3n) is 7.45. The molecule has 0 unspecified atom stereocenters. The van der Waals surface area contributed by atoms with Gasteiger partial charge in [0, 0.05) is 65.8 Å². The Morgan fingerprint density at radius 3 is 2.57 bits per heavy atom. The minimum Gasteiger partial charge on any atom is -0.368 e. The third-order valence-corrected chi connectivity index (χ3v) is 10.3. The molecule has 4 heterocycles. The van der Waals surface area contributed by atoms with Crippen LogP contribution in [0.5, 0.6) is 0 Å². The first-order chi connectivity index (χ1) is 17.1. The first-order valence-corrected chi connectivity index (χ1v) is 14.7. The van der Waals surface area contributed by atoms with E-state index in [1.807, 2.05) is 35.6 Å². The number of thiophene rings is 1. The summed E-state index contributed by atoms with van der Waals surface area (Å²) in [5.41, 5.74) is 1.35. The summed E-state index contributed by atoms with van der Waals surface area (Å²) in [5.74, 6) is 0. The molecule has 2 aliphatic heterocycles. The summed E-state index contributed by atoms with van der Waals surface area (Å²) in [7, 11) is -3.59. The number of anilines is 1. The molecule has 35 heavy (non-hydrogen) atoms. The van der Waals surface area contributed by atoms with Gasteiger partial charge >= 0.3 is 0 Å². The number of benzene rings is 2. The van der Waals surface area contributed by atoms with Gasteiger partial charge in [-0.15, -0.1) is 11.3 Å². The largest absolute Gasteiger partial charge is 0.368 e. The molecular weight excluding hydrogens is 476 g/mol. The SMILES string of the molecule is O=S(=O)(c1cc2ccccc2cn1)N1CCC[C@@H]1CCN1CCN(c2csc3ccccc23)CC1. The zero-order valence-electron chi connectivity index (χ0n) is 19.7. The summed E-state index contributed by atoms with van der Waals surface area (Å²) in [5, 5.41) is 5.66. The molecule has 6 rings (SSSR count). The van der Waals surface area contributed by atoms with Gasteiger partial charge in [0.05, 0.1) is 5.69 Å². The van der Waals surface area contributed by atoms with Gasteiger partial charge in [0.2, 0.25) is 0 Å². The number of hydrogen-bond donors (Lipinski definition) is 0. The lowest BCUT2D eigenvalue weighted by Crippen LogP contribution is -2.47. The number of aromatic nitrogens is 1. The van der Waals surface area contributed by atoms with Gasteiger partial charge in [-0.05, 0) is 43.3 Å². The molecule has 0 N–H and O–H groups in total. The maximum absolute atomic E-state index is 13.5. The van der Waals surface area contributed by atoms with Crippen LogP contribution in [-0.4, -0.2) is 67.9 Å². The summed E-state index contributed by atoms with van der Waals surface area (Å²) in [6, 6.07) is 18.2. The van der Waals surface area contributed by atoms with E-state index < -0.39 is 10.0 Å². The van der Waals surface area contributed by atoms with Gasteiger partial charge in [0.25, 0.3) is 10.0 Å². The van der Waals surface area contributed by atoms with Crippen molar-refractivity contribution in [3.05, 3.63) is 66.2 Å². The predicted octanol–water partition coefficient (Wildman–Crippen LogP) is 4.81. The van der Waals surface area contributed by atoms with Crippen molar-refractivity contribution in [2.75, 3.05) is 44.2 Å². The van der Waals surface area contributed by atoms with Crippen LogP contribution in [0.2, 0.25) is 0 Å². The molecule has 0 aliphatic carbocycles. The lowest BCUT2D eigenvalue weighted by molar-refractivity contribution is 0.232. The van der Waals surface area contributed by atoms with Gasteiger partial charge < -0.3 is 4.90 Å². The van der Waals surface area contributed by atoms with Crippen LogP contribution in [0.1, 0.15) is 19.3 Å². The second kappa shape index (κ2) is 9.50. The van der Waals surface area contributed by atoms with Crippen LogP contribution in [0.3, 0.4) is 0 Å². The molecule has 8 heteroatoms. The van der Waals surface area contributed by atoms with E-state index in [9.17, 15) is 8.42 Å². The van der Waals surface area contributed by atoms with E-state index in [4.69, 9.17) is 0 Å². The van der Waals surface area contributed by atoms with Crippen LogP contribution in [-0.2, 0) is 10.0 Å². The lowest BCUT2D eigenvalue weighted by Gasteiger charge is -2.36. The average molecular weight is 507 g/mol. The quantitative estimate of drug-likeness (QED) is 0.376. The fourth-order valence-corrected chi connectivity index (χ4v) is 8.14. The molecule has 2 aromatic carbocycles. The molecule has 0 amide bonds. The first-order valence-electron chi connectivity index (χ1n) is 12.4. The highest BCUT2D eigenvalue weighted by atomic mass is 32.2. The highest BCUT2D eigenvalue weighted by molar-refractivity contribution is 7.89. The number of piperazine rings is 1. The summed E-state index contributed by atoms with van der Waals surface area (Å²) in [6.07, 6.45) is 4.38. The molecule has 182 valence electrons. The monoisotopic (exact) mass is 506 g/mol. The van der Waals surface area contributed by atoms with Gasteiger partial charge in [-0.25, -0.2) is 13.4 Å². The number of hydrogen-bond acceptors (Lipinski definition) is 6. The Kier molecular flexibility index (Phi) is 6.22. The van der Waals surface area contributed by atoms with Gasteiger partial charge in [-0.3, -0.25) is 4.90 Å². The molecule has 0 saturated carbocycles. The van der Waals surface area contributed by atoms with E-state index in [0.717, 1.165) is 62.8 Å². The molecule has 6 nitrogen and oxygen atoms in total. The Bertz CT molecular complexity index is 1440. The molecule has 2 fully saturated rings. The molecule has 0 bridgehead atoms. The summed E-state index contributed by atoms with van der Waals surface area (Å²) in [6.45, 7) is 5.55. The molecule has 4 aromatic rings. The van der Waals surface area contributed by atoms with Crippen LogP contribution in [0, 0.1) is 0 Å². The highest BCUT2D eigenvalue weighted by Gasteiger charge is 2.36. The van der Waals surface area contributed by atoms with Crippen molar-refractivity contribution in [2.24, 2.45) is 0 Å². The van der Waals surface area contributed by atoms with E-state index in [-0.39, 0.29) is 11.1 Å². The number of nitrogens with zero attached hydrogens (tertiary/aromatic N) is 4. The number of pyridine rings is 1. The van der Waals surface area contributed by atoms with Crippen molar-refractivity contribution < 1.29 is 8.42 Å². The van der Waals surface area contributed by atoms with E-state index in [1.165, 1.54) is 15.8 Å². The van der Waals surface area contributed by atoms with Gasteiger partial charge in [0.15, 0.2) is 5.03 Å². The maximum atomic E-state index is 13.5. The van der Waals surface area contributed by atoms with E-state index in [0.29, 0.717) is 6.54 Å². The number of fused-ring (bicyclic) bond motifs is 2. The summed E-state index contributed by atoms with van der Waals surface area (Å²) >= 11 is 1.81. The Morgan fingerprint density at radius 2 is 1.71 bits per heavy atom. The fourth-order valence-electron chi connectivity index (χ4n) is 5.49. The second-order valence-electron chi connectivity index (χ2n) is 9.52. The number of sulfonamides is 1.